The summed E-state index contributed by atoms with van der Waals surface area (Å²) in [6, 6.07) is 1.73. The van der Waals surface area contributed by atoms with Crippen LogP contribution < -0.4 is 10.6 Å². The minimum atomic E-state index is -2.56. The molecule has 3 nitrogen and oxygen atoms in total. The predicted octanol–water partition coefficient (Wildman–Crippen LogP) is 1.43. The second-order valence-electron chi connectivity index (χ2n) is 3.61. The highest BCUT2D eigenvalue weighted by Gasteiger charge is 2.44. The lowest BCUT2D eigenvalue weighted by Gasteiger charge is -2.39. The number of hydrogen-bond donors (Lipinski definition) is 1. The zero-order valence-corrected chi connectivity index (χ0v) is 7.80. The number of aryl methyl sites for hydroxylation is 1. The van der Waals surface area contributed by atoms with Gasteiger partial charge in [0.05, 0.1) is 25.0 Å². The summed E-state index contributed by atoms with van der Waals surface area (Å²) in [5, 5.41) is 0. The second kappa shape index (κ2) is 2.80. The molecule has 76 valence electrons. The van der Waals surface area contributed by atoms with Gasteiger partial charge in [-0.2, -0.15) is 0 Å². The van der Waals surface area contributed by atoms with Crippen molar-refractivity contribution in [3.8, 4) is 0 Å². The largest absolute Gasteiger partial charge is 0.397 e. The third-order valence-corrected chi connectivity index (χ3v) is 2.31. The molecule has 1 aliphatic heterocycles. The Morgan fingerprint density at radius 1 is 1.50 bits per heavy atom. The van der Waals surface area contributed by atoms with Crippen LogP contribution in [0.4, 0.5) is 20.3 Å². The Kier molecular flexibility index (Phi) is 1.83. The molecule has 1 saturated heterocycles. The fourth-order valence-corrected chi connectivity index (χ4v) is 1.40. The van der Waals surface area contributed by atoms with E-state index in [0.29, 0.717) is 11.5 Å². The maximum absolute atomic E-state index is 12.6. The van der Waals surface area contributed by atoms with Gasteiger partial charge in [0.1, 0.15) is 5.82 Å². The molecule has 0 radical (unpaired) electrons. The maximum Gasteiger partial charge on any atom is 0.282 e. The number of aromatic nitrogens is 1. The van der Waals surface area contributed by atoms with Crippen molar-refractivity contribution in [2.75, 3.05) is 23.7 Å². The third kappa shape index (κ3) is 1.49. The molecular weight excluding hydrogens is 188 g/mol. The van der Waals surface area contributed by atoms with Crippen LogP contribution in [0.3, 0.4) is 0 Å². The molecule has 0 amide bonds. The van der Waals surface area contributed by atoms with Crippen molar-refractivity contribution in [3.05, 3.63) is 17.8 Å². The zero-order chi connectivity index (χ0) is 10.3. The van der Waals surface area contributed by atoms with Crippen molar-refractivity contribution < 1.29 is 8.78 Å². The summed E-state index contributed by atoms with van der Waals surface area (Å²) < 4.78 is 25.1. The Labute approximate surface area is 80.5 Å². The number of halogens is 2. The number of pyridine rings is 1. The van der Waals surface area contributed by atoms with Crippen molar-refractivity contribution in [2.45, 2.75) is 12.8 Å². The molecule has 0 bridgehead atoms. The highest BCUT2D eigenvalue weighted by atomic mass is 19.3. The minimum Gasteiger partial charge on any atom is -0.397 e. The van der Waals surface area contributed by atoms with E-state index < -0.39 is 5.92 Å². The quantitative estimate of drug-likeness (QED) is 0.743. The van der Waals surface area contributed by atoms with E-state index in [1.54, 1.807) is 6.07 Å². The van der Waals surface area contributed by atoms with E-state index in [4.69, 9.17) is 5.73 Å². The number of alkyl halides is 2. The first-order chi connectivity index (χ1) is 6.48. The van der Waals surface area contributed by atoms with Gasteiger partial charge in [-0.25, -0.2) is 13.8 Å². The molecular formula is C9H11F2N3. The van der Waals surface area contributed by atoms with Gasteiger partial charge in [-0.15, -0.1) is 0 Å². The SMILES string of the molecule is Cc1cc(N2CC(F)(F)C2)ncc1N. The summed E-state index contributed by atoms with van der Waals surface area (Å²) in [6.45, 7) is 1.34. The van der Waals surface area contributed by atoms with Crippen LogP contribution in [-0.4, -0.2) is 24.0 Å². The Morgan fingerprint density at radius 3 is 2.64 bits per heavy atom. The number of rotatable bonds is 1. The van der Waals surface area contributed by atoms with E-state index in [-0.39, 0.29) is 13.1 Å². The molecule has 5 heteroatoms. The first-order valence-corrected chi connectivity index (χ1v) is 4.33. The first-order valence-electron chi connectivity index (χ1n) is 4.33. The number of anilines is 2. The van der Waals surface area contributed by atoms with Crippen molar-refractivity contribution in [3.63, 3.8) is 0 Å². The molecule has 0 saturated carbocycles. The molecule has 14 heavy (non-hydrogen) atoms. The molecule has 0 unspecified atom stereocenters. The van der Waals surface area contributed by atoms with Gasteiger partial charge >= 0.3 is 0 Å². The molecule has 1 fully saturated rings. The van der Waals surface area contributed by atoms with Gasteiger partial charge in [-0.3, -0.25) is 0 Å². The van der Waals surface area contributed by atoms with E-state index in [1.165, 1.54) is 11.1 Å². The third-order valence-electron chi connectivity index (χ3n) is 2.31. The molecule has 2 rings (SSSR count). The number of nitrogens with zero attached hydrogens (tertiary/aromatic N) is 2. The first kappa shape index (κ1) is 9.18. The van der Waals surface area contributed by atoms with Gasteiger partial charge < -0.3 is 10.6 Å². The fraction of sp³-hybridized carbons (Fsp3) is 0.444. The van der Waals surface area contributed by atoms with Crippen LogP contribution in [0, 0.1) is 6.92 Å². The van der Waals surface area contributed by atoms with Crippen molar-refractivity contribution in [1.82, 2.24) is 4.98 Å². The molecule has 2 heterocycles. The Morgan fingerprint density at radius 2 is 2.14 bits per heavy atom. The van der Waals surface area contributed by atoms with Gasteiger partial charge in [0, 0.05) is 0 Å². The molecule has 0 spiro atoms. The Hall–Kier alpha value is -1.39. The maximum atomic E-state index is 12.6. The summed E-state index contributed by atoms with van der Waals surface area (Å²) in [6.07, 6.45) is 1.50. The van der Waals surface area contributed by atoms with Crippen LogP contribution in [-0.2, 0) is 0 Å². The monoisotopic (exact) mass is 199 g/mol. The Balaban J connectivity index is 2.16. The molecule has 0 aliphatic carbocycles. The Bertz CT molecular complexity index is 357. The highest BCUT2D eigenvalue weighted by molar-refractivity contribution is 5.53. The lowest BCUT2D eigenvalue weighted by molar-refractivity contribution is -0.0267. The van der Waals surface area contributed by atoms with E-state index in [2.05, 4.69) is 4.98 Å². The summed E-state index contributed by atoms with van der Waals surface area (Å²) >= 11 is 0. The lowest BCUT2D eigenvalue weighted by atomic mass is 10.1. The minimum absolute atomic E-state index is 0.247. The van der Waals surface area contributed by atoms with Crippen LogP contribution in [0.1, 0.15) is 5.56 Å². The van der Waals surface area contributed by atoms with Gasteiger partial charge in [0.15, 0.2) is 0 Å². The van der Waals surface area contributed by atoms with Crippen LogP contribution in [0.25, 0.3) is 0 Å². The summed E-state index contributed by atoms with van der Waals surface area (Å²) in [5.41, 5.74) is 7.02. The van der Waals surface area contributed by atoms with Crippen molar-refractivity contribution in [1.29, 1.82) is 0 Å². The smallest absolute Gasteiger partial charge is 0.282 e. The average molecular weight is 199 g/mol. The zero-order valence-electron chi connectivity index (χ0n) is 7.80. The van der Waals surface area contributed by atoms with E-state index >= 15 is 0 Å². The van der Waals surface area contributed by atoms with Gasteiger partial charge in [-0.1, -0.05) is 0 Å². The fourth-order valence-electron chi connectivity index (χ4n) is 1.40. The van der Waals surface area contributed by atoms with Crippen LogP contribution >= 0.6 is 0 Å². The normalized spacial score (nSPS) is 19.2. The van der Waals surface area contributed by atoms with Gasteiger partial charge in [0.25, 0.3) is 5.92 Å². The summed E-state index contributed by atoms with van der Waals surface area (Å²) in [5.74, 6) is -1.99. The van der Waals surface area contributed by atoms with E-state index in [0.717, 1.165) is 5.56 Å². The lowest BCUT2D eigenvalue weighted by Crippen LogP contribution is -2.56. The van der Waals surface area contributed by atoms with Crippen molar-refractivity contribution >= 4 is 11.5 Å². The van der Waals surface area contributed by atoms with Crippen molar-refractivity contribution in [2.24, 2.45) is 0 Å². The average Bonchev–Trinajstić information content (AvgIpc) is 2.06. The molecule has 0 atom stereocenters. The molecule has 2 N–H and O–H groups in total. The number of nitrogen functional groups attached to an aromatic ring is 1. The van der Waals surface area contributed by atoms with E-state index in [1.807, 2.05) is 6.92 Å². The number of hydrogen-bond acceptors (Lipinski definition) is 3. The topological polar surface area (TPSA) is 42.2 Å². The van der Waals surface area contributed by atoms with E-state index in [9.17, 15) is 8.78 Å². The molecule has 1 aromatic heterocycles. The van der Waals surface area contributed by atoms with Crippen LogP contribution in [0.5, 0.6) is 0 Å². The summed E-state index contributed by atoms with van der Waals surface area (Å²) in [4.78, 5) is 5.53. The molecule has 1 aliphatic rings. The molecule has 0 aromatic carbocycles. The molecule has 1 aromatic rings. The summed E-state index contributed by atoms with van der Waals surface area (Å²) in [7, 11) is 0. The standard InChI is InChI=1S/C9H11F2N3/c1-6-2-8(13-3-7(6)12)14-4-9(10,11)5-14/h2-3H,4-5,12H2,1H3. The van der Waals surface area contributed by atoms with Crippen LogP contribution in [0.15, 0.2) is 12.3 Å². The highest BCUT2D eigenvalue weighted by Crippen LogP contribution is 2.31. The number of nitrogens with two attached hydrogens (primary N) is 1. The second-order valence-corrected chi connectivity index (χ2v) is 3.61. The predicted molar refractivity (Wildman–Crippen MR) is 50.5 cm³/mol. The van der Waals surface area contributed by atoms with Crippen LogP contribution in [0.2, 0.25) is 0 Å². The van der Waals surface area contributed by atoms with Gasteiger partial charge in [-0.05, 0) is 18.6 Å². The van der Waals surface area contributed by atoms with Gasteiger partial charge in [0.2, 0.25) is 0 Å².